The molecule has 0 bridgehead atoms. The summed E-state index contributed by atoms with van der Waals surface area (Å²) in [4.78, 5) is 12.3. The zero-order valence-electron chi connectivity index (χ0n) is 10.1. The standard InChI is InChI=1S/C14H16N2OS/c17-12-14(16-13(18)15-12)9-5-4-8-11(14)10-6-2-1-3-7-10/h1-3,6-7,11H,4-5,8-9H2,(H2,15,16,17,18). The van der Waals surface area contributed by atoms with Crippen LogP contribution in [0.3, 0.4) is 0 Å². The highest BCUT2D eigenvalue weighted by molar-refractivity contribution is 7.80. The summed E-state index contributed by atoms with van der Waals surface area (Å²) in [7, 11) is 0. The fourth-order valence-corrected chi connectivity index (χ4v) is 3.51. The molecule has 1 aliphatic carbocycles. The number of carbonyl (C=O) groups is 1. The Hall–Kier alpha value is -1.42. The van der Waals surface area contributed by atoms with E-state index in [1.807, 2.05) is 18.2 Å². The quantitative estimate of drug-likeness (QED) is 0.760. The number of hydrogen-bond acceptors (Lipinski definition) is 2. The van der Waals surface area contributed by atoms with Gasteiger partial charge in [0.05, 0.1) is 0 Å². The van der Waals surface area contributed by atoms with Gasteiger partial charge in [0.25, 0.3) is 5.91 Å². The van der Waals surface area contributed by atoms with Gasteiger partial charge in [0.1, 0.15) is 5.54 Å². The zero-order valence-corrected chi connectivity index (χ0v) is 10.9. The van der Waals surface area contributed by atoms with Crippen LogP contribution in [0.4, 0.5) is 0 Å². The minimum Gasteiger partial charge on any atom is -0.348 e. The highest BCUT2D eigenvalue weighted by atomic mass is 32.1. The van der Waals surface area contributed by atoms with E-state index >= 15 is 0 Å². The summed E-state index contributed by atoms with van der Waals surface area (Å²) in [6, 6.07) is 10.3. The summed E-state index contributed by atoms with van der Waals surface area (Å²) in [6.45, 7) is 0. The topological polar surface area (TPSA) is 41.1 Å². The van der Waals surface area contributed by atoms with Gasteiger partial charge in [-0.05, 0) is 30.6 Å². The van der Waals surface area contributed by atoms with Crippen LogP contribution in [0.1, 0.15) is 37.2 Å². The lowest BCUT2D eigenvalue weighted by atomic mass is 9.69. The van der Waals surface area contributed by atoms with Crippen LogP contribution in [0.5, 0.6) is 0 Å². The van der Waals surface area contributed by atoms with Gasteiger partial charge in [0.15, 0.2) is 5.11 Å². The maximum Gasteiger partial charge on any atom is 0.252 e. The second-order valence-electron chi connectivity index (χ2n) is 5.09. The van der Waals surface area contributed by atoms with Gasteiger partial charge in [-0.25, -0.2) is 0 Å². The molecule has 1 aromatic carbocycles. The summed E-state index contributed by atoms with van der Waals surface area (Å²) in [5, 5.41) is 6.47. The molecule has 1 heterocycles. The Morgan fingerprint density at radius 3 is 2.67 bits per heavy atom. The van der Waals surface area contributed by atoms with E-state index in [4.69, 9.17) is 12.2 Å². The molecule has 1 aromatic rings. The lowest BCUT2D eigenvalue weighted by Crippen LogP contribution is -2.53. The minimum absolute atomic E-state index is 0.0426. The number of carbonyl (C=O) groups excluding carboxylic acids is 1. The van der Waals surface area contributed by atoms with E-state index in [0.29, 0.717) is 5.11 Å². The first kappa shape index (κ1) is 11.7. The first-order chi connectivity index (χ1) is 8.72. The van der Waals surface area contributed by atoms with Crippen molar-refractivity contribution in [3.8, 4) is 0 Å². The third-order valence-corrected chi connectivity index (χ3v) is 4.28. The van der Waals surface area contributed by atoms with Gasteiger partial charge in [-0.15, -0.1) is 0 Å². The van der Waals surface area contributed by atoms with Crippen molar-refractivity contribution in [2.24, 2.45) is 0 Å². The number of nitrogens with one attached hydrogen (secondary N) is 2. The van der Waals surface area contributed by atoms with Gasteiger partial charge >= 0.3 is 0 Å². The van der Waals surface area contributed by atoms with Gasteiger partial charge in [-0.3, -0.25) is 4.79 Å². The minimum atomic E-state index is -0.517. The number of rotatable bonds is 1. The average Bonchev–Trinajstić information content (AvgIpc) is 2.66. The van der Waals surface area contributed by atoms with Crippen LogP contribution < -0.4 is 10.6 Å². The number of amides is 1. The lowest BCUT2D eigenvalue weighted by molar-refractivity contribution is -0.125. The Bertz CT molecular complexity index is 488. The third kappa shape index (κ3) is 1.72. The van der Waals surface area contributed by atoms with Crippen molar-refractivity contribution in [3.63, 3.8) is 0 Å². The van der Waals surface area contributed by atoms with Crippen molar-refractivity contribution < 1.29 is 4.79 Å². The molecule has 0 aromatic heterocycles. The maximum absolute atomic E-state index is 12.3. The lowest BCUT2D eigenvalue weighted by Gasteiger charge is -2.39. The molecule has 2 fully saturated rings. The molecular formula is C14H16N2OS. The molecular weight excluding hydrogens is 244 g/mol. The molecule has 1 saturated heterocycles. The van der Waals surface area contributed by atoms with Gasteiger partial charge in [-0.2, -0.15) is 0 Å². The van der Waals surface area contributed by atoms with Crippen molar-refractivity contribution in [1.82, 2.24) is 10.6 Å². The molecule has 1 aliphatic heterocycles. The van der Waals surface area contributed by atoms with Crippen LogP contribution in [0.15, 0.2) is 30.3 Å². The van der Waals surface area contributed by atoms with Crippen molar-refractivity contribution in [2.75, 3.05) is 0 Å². The molecule has 3 rings (SSSR count). The van der Waals surface area contributed by atoms with Crippen molar-refractivity contribution in [3.05, 3.63) is 35.9 Å². The molecule has 2 aliphatic rings. The van der Waals surface area contributed by atoms with Crippen molar-refractivity contribution in [2.45, 2.75) is 37.1 Å². The number of thiocarbonyl (C=S) groups is 1. The van der Waals surface area contributed by atoms with Crippen LogP contribution in [0, 0.1) is 0 Å². The fraction of sp³-hybridized carbons (Fsp3) is 0.429. The van der Waals surface area contributed by atoms with Crippen LogP contribution in [-0.4, -0.2) is 16.6 Å². The molecule has 2 unspecified atom stereocenters. The Kier molecular flexibility index (Phi) is 2.82. The normalized spacial score (nSPS) is 31.2. The maximum atomic E-state index is 12.3. The Morgan fingerprint density at radius 2 is 2.00 bits per heavy atom. The molecule has 3 nitrogen and oxygen atoms in total. The highest BCUT2D eigenvalue weighted by Gasteiger charge is 2.51. The summed E-state index contributed by atoms with van der Waals surface area (Å²) < 4.78 is 0. The Labute approximate surface area is 112 Å². The van der Waals surface area contributed by atoms with Crippen LogP contribution in [-0.2, 0) is 4.79 Å². The summed E-state index contributed by atoms with van der Waals surface area (Å²) >= 11 is 5.11. The highest BCUT2D eigenvalue weighted by Crippen LogP contribution is 2.42. The van der Waals surface area contributed by atoms with E-state index in [-0.39, 0.29) is 11.8 Å². The average molecular weight is 260 g/mol. The van der Waals surface area contributed by atoms with Gasteiger partial charge in [-0.1, -0.05) is 43.2 Å². The number of hydrogen-bond donors (Lipinski definition) is 2. The Balaban J connectivity index is 2.01. The zero-order chi connectivity index (χ0) is 12.6. The van der Waals surface area contributed by atoms with E-state index in [1.54, 1.807) is 0 Å². The molecule has 1 spiro atoms. The molecule has 2 N–H and O–H groups in total. The fourth-order valence-electron chi connectivity index (χ4n) is 3.24. The van der Waals surface area contributed by atoms with Crippen LogP contribution in [0.2, 0.25) is 0 Å². The molecule has 2 atom stereocenters. The molecule has 0 radical (unpaired) electrons. The van der Waals surface area contributed by atoms with Crippen molar-refractivity contribution in [1.29, 1.82) is 0 Å². The second-order valence-corrected chi connectivity index (χ2v) is 5.50. The Morgan fingerprint density at radius 1 is 1.22 bits per heavy atom. The van der Waals surface area contributed by atoms with Gasteiger partial charge in [0, 0.05) is 5.92 Å². The van der Waals surface area contributed by atoms with E-state index in [1.165, 1.54) is 12.0 Å². The molecule has 1 amide bonds. The van der Waals surface area contributed by atoms with E-state index in [2.05, 4.69) is 22.8 Å². The van der Waals surface area contributed by atoms with Crippen LogP contribution >= 0.6 is 12.2 Å². The summed E-state index contributed by atoms with van der Waals surface area (Å²) in [5.74, 6) is 0.258. The molecule has 94 valence electrons. The predicted octanol–water partition coefficient (Wildman–Crippen LogP) is 2.09. The summed E-state index contributed by atoms with van der Waals surface area (Å²) in [6.07, 6.45) is 4.14. The predicted molar refractivity (Wildman–Crippen MR) is 74.3 cm³/mol. The second kappa shape index (κ2) is 4.35. The molecule has 4 heteroatoms. The molecule has 18 heavy (non-hydrogen) atoms. The van der Waals surface area contributed by atoms with Crippen molar-refractivity contribution >= 4 is 23.2 Å². The van der Waals surface area contributed by atoms with E-state index < -0.39 is 5.54 Å². The smallest absolute Gasteiger partial charge is 0.252 e. The van der Waals surface area contributed by atoms with Crippen LogP contribution in [0.25, 0.3) is 0 Å². The first-order valence-electron chi connectivity index (χ1n) is 6.41. The van der Waals surface area contributed by atoms with Gasteiger partial charge in [0.2, 0.25) is 0 Å². The number of benzene rings is 1. The van der Waals surface area contributed by atoms with E-state index in [9.17, 15) is 4.79 Å². The third-order valence-electron chi connectivity index (χ3n) is 4.08. The largest absolute Gasteiger partial charge is 0.348 e. The first-order valence-corrected chi connectivity index (χ1v) is 6.82. The summed E-state index contributed by atoms with van der Waals surface area (Å²) in [5.41, 5.74) is 0.709. The van der Waals surface area contributed by atoms with E-state index in [0.717, 1.165) is 19.3 Å². The SMILES string of the molecule is O=C1NC(=S)NC12CCCCC2c1ccccc1. The molecule has 1 saturated carbocycles. The van der Waals surface area contributed by atoms with Gasteiger partial charge < -0.3 is 10.6 Å². The monoisotopic (exact) mass is 260 g/mol.